The van der Waals surface area contributed by atoms with Gasteiger partial charge in [0.2, 0.25) is 0 Å². The van der Waals surface area contributed by atoms with Gasteiger partial charge in [-0.3, -0.25) is 0 Å². The number of aryl methyl sites for hydroxylation is 3. The lowest BCUT2D eigenvalue weighted by atomic mass is 10.0. The van der Waals surface area contributed by atoms with Crippen molar-refractivity contribution in [2.24, 2.45) is 0 Å². The van der Waals surface area contributed by atoms with Crippen LogP contribution in [0.1, 0.15) is 41.2 Å². The summed E-state index contributed by atoms with van der Waals surface area (Å²) < 4.78 is 41.9. The molecule has 170 valence electrons. The lowest BCUT2D eigenvalue weighted by Crippen LogP contribution is -1.94. The van der Waals surface area contributed by atoms with Crippen LogP contribution in [0, 0.1) is 29.3 Å². The van der Waals surface area contributed by atoms with Crippen molar-refractivity contribution in [2.75, 3.05) is 0 Å². The molecule has 3 heteroatoms. The van der Waals surface area contributed by atoms with Crippen LogP contribution in [-0.4, -0.2) is 0 Å². The summed E-state index contributed by atoms with van der Waals surface area (Å²) in [6.45, 7) is 2.03. The van der Waals surface area contributed by atoms with E-state index in [1.165, 1.54) is 29.3 Å². The van der Waals surface area contributed by atoms with E-state index in [1.54, 1.807) is 18.2 Å². The smallest absolute Gasteiger partial charge is 0.166 e. The first-order chi connectivity index (χ1) is 16.5. The molecule has 0 bridgehead atoms. The van der Waals surface area contributed by atoms with Crippen LogP contribution in [0.3, 0.4) is 0 Å². The van der Waals surface area contributed by atoms with E-state index >= 15 is 0 Å². The molecule has 0 fully saturated rings. The third-order valence-corrected chi connectivity index (χ3v) is 5.84. The fraction of sp³-hybridized carbons (Fsp3) is 0.161. The molecule has 4 aromatic rings. The number of hydrogen-bond acceptors (Lipinski definition) is 0. The Labute approximate surface area is 198 Å². The van der Waals surface area contributed by atoms with Crippen LogP contribution in [0.2, 0.25) is 0 Å². The average molecular weight is 455 g/mol. The number of rotatable bonds is 6. The van der Waals surface area contributed by atoms with Gasteiger partial charge in [-0.05, 0) is 85.0 Å². The van der Waals surface area contributed by atoms with Gasteiger partial charge < -0.3 is 0 Å². The van der Waals surface area contributed by atoms with Crippen molar-refractivity contribution in [1.82, 2.24) is 0 Å². The van der Waals surface area contributed by atoms with Gasteiger partial charge in [-0.2, -0.15) is 0 Å². The number of halogens is 3. The summed E-state index contributed by atoms with van der Waals surface area (Å²) >= 11 is 0. The van der Waals surface area contributed by atoms with Crippen molar-refractivity contribution < 1.29 is 13.2 Å². The van der Waals surface area contributed by atoms with Crippen molar-refractivity contribution >= 4 is 10.8 Å². The van der Waals surface area contributed by atoms with E-state index in [4.69, 9.17) is 0 Å². The predicted octanol–water partition coefficient (Wildman–Crippen LogP) is 7.95. The summed E-state index contributed by atoms with van der Waals surface area (Å²) in [7, 11) is 0. The summed E-state index contributed by atoms with van der Waals surface area (Å²) in [4.78, 5) is 0. The fourth-order valence-corrected chi connectivity index (χ4v) is 3.88. The van der Waals surface area contributed by atoms with Crippen molar-refractivity contribution in [3.05, 3.63) is 130 Å². The van der Waals surface area contributed by atoms with E-state index in [9.17, 15) is 13.2 Å². The van der Waals surface area contributed by atoms with Crippen LogP contribution in [0.15, 0.2) is 84.9 Å². The highest BCUT2D eigenvalue weighted by Crippen LogP contribution is 2.21. The molecule has 0 N–H and O–H groups in total. The van der Waals surface area contributed by atoms with Gasteiger partial charge in [-0.15, -0.1) is 0 Å². The van der Waals surface area contributed by atoms with Gasteiger partial charge in [0.25, 0.3) is 0 Å². The highest BCUT2D eigenvalue weighted by Gasteiger charge is 2.07. The molecule has 0 aliphatic heterocycles. The molecule has 4 rings (SSSR count). The highest BCUT2D eigenvalue weighted by atomic mass is 19.2. The molecule has 0 aliphatic carbocycles. The molecular formula is C31H25F3. The van der Waals surface area contributed by atoms with Crippen molar-refractivity contribution in [1.29, 1.82) is 0 Å². The van der Waals surface area contributed by atoms with Crippen LogP contribution in [0.25, 0.3) is 10.8 Å². The van der Waals surface area contributed by atoms with E-state index in [0.29, 0.717) is 16.5 Å². The Bertz CT molecular complexity index is 1390. The SMILES string of the molecule is C/C=C/CCc1ccc(CCc2ccc(C#Cc3ccc4c(F)c(F)ccc4c3)c(F)c2)cc1. The second-order valence-electron chi connectivity index (χ2n) is 8.29. The van der Waals surface area contributed by atoms with E-state index < -0.39 is 11.6 Å². The molecule has 4 aromatic carbocycles. The number of hydrogen-bond donors (Lipinski definition) is 0. The molecule has 34 heavy (non-hydrogen) atoms. The standard InChI is InChI=1S/C31H25F3/c1-2-3-4-5-22-6-8-23(9-7-22)10-11-25-13-16-26(30(33)21-25)15-12-24-14-18-28-27(20-24)17-19-29(32)31(28)34/h2-3,6-9,13-14,16-21H,4-5,10-11H2,1H3/b3-2+. The predicted molar refractivity (Wildman–Crippen MR) is 133 cm³/mol. The zero-order valence-corrected chi connectivity index (χ0v) is 19.0. The Morgan fingerprint density at radius 3 is 2.12 bits per heavy atom. The van der Waals surface area contributed by atoms with Gasteiger partial charge in [0, 0.05) is 10.9 Å². The van der Waals surface area contributed by atoms with Crippen LogP contribution < -0.4 is 0 Å². The van der Waals surface area contributed by atoms with Gasteiger partial charge in [-0.1, -0.05) is 66.5 Å². The molecule has 0 saturated carbocycles. The monoisotopic (exact) mass is 454 g/mol. The molecule has 0 amide bonds. The topological polar surface area (TPSA) is 0 Å². The van der Waals surface area contributed by atoms with E-state index in [1.807, 2.05) is 13.0 Å². The number of benzene rings is 4. The van der Waals surface area contributed by atoms with Gasteiger partial charge in [0.05, 0.1) is 5.56 Å². The molecule has 0 aromatic heterocycles. The average Bonchev–Trinajstić information content (AvgIpc) is 2.85. The van der Waals surface area contributed by atoms with Crippen LogP contribution >= 0.6 is 0 Å². The minimum atomic E-state index is -0.884. The molecule has 0 spiro atoms. The van der Waals surface area contributed by atoms with Crippen molar-refractivity contribution in [2.45, 2.75) is 32.6 Å². The highest BCUT2D eigenvalue weighted by molar-refractivity contribution is 5.84. The molecule has 0 nitrogen and oxygen atoms in total. The normalized spacial score (nSPS) is 11.1. The summed E-state index contributed by atoms with van der Waals surface area (Å²) in [5, 5.41) is 0.747. The summed E-state index contributed by atoms with van der Waals surface area (Å²) in [6.07, 6.45) is 7.90. The van der Waals surface area contributed by atoms with Crippen LogP contribution in [0.4, 0.5) is 13.2 Å². The molecule has 0 atom stereocenters. The molecule has 0 radical (unpaired) electrons. The molecule has 0 aliphatic rings. The summed E-state index contributed by atoms with van der Waals surface area (Å²) in [6, 6.07) is 21.1. The van der Waals surface area contributed by atoms with Gasteiger partial charge in [-0.25, -0.2) is 13.2 Å². The zero-order chi connectivity index (χ0) is 23.9. The minimum absolute atomic E-state index is 0.198. The first kappa shape index (κ1) is 23.4. The second kappa shape index (κ2) is 10.9. The molecule has 0 unspecified atom stereocenters. The van der Waals surface area contributed by atoms with Crippen LogP contribution in [0.5, 0.6) is 0 Å². The number of fused-ring (bicyclic) bond motifs is 1. The lowest BCUT2D eigenvalue weighted by molar-refractivity contribution is 0.517. The van der Waals surface area contributed by atoms with Gasteiger partial charge in [0.1, 0.15) is 5.82 Å². The maximum Gasteiger partial charge on any atom is 0.166 e. The molecule has 0 saturated heterocycles. The lowest BCUT2D eigenvalue weighted by Gasteiger charge is -2.05. The van der Waals surface area contributed by atoms with Crippen molar-refractivity contribution in [3.8, 4) is 11.8 Å². The van der Waals surface area contributed by atoms with E-state index in [2.05, 4.69) is 48.3 Å². The third kappa shape index (κ3) is 5.77. The molecule has 0 heterocycles. The Hall–Kier alpha value is -3.77. The Morgan fingerprint density at radius 1 is 0.676 bits per heavy atom. The first-order valence-corrected chi connectivity index (χ1v) is 11.4. The first-order valence-electron chi connectivity index (χ1n) is 11.4. The largest absolute Gasteiger partial charge is 0.206 e. The Balaban J connectivity index is 1.40. The zero-order valence-electron chi connectivity index (χ0n) is 19.0. The van der Waals surface area contributed by atoms with E-state index in [0.717, 1.165) is 37.3 Å². The third-order valence-electron chi connectivity index (χ3n) is 5.84. The Morgan fingerprint density at radius 2 is 1.38 bits per heavy atom. The van der Waals surface area contributed by atoms with Gasteiger partial charge in [0.15, 0.2) is 11.6 Å². The minimum Gasteiger partial charge on any atom is -0.206 e. The number of allylic oxidation sites excluding steroid dienone is 2. The van der Waals surface area contributed by atoms with Crippen LogP contribution in [-0.2, 0) is 19.3 Å². The van der Waals surface area contributed by atoms with Crippen molar-refractivity contribution in [3.63, 3.8) is 0 Å². The summed E-state index contributed by atoms with van der Waals surface area (Å²) in [5.41, 5.74) is 4.38. The maximum absolute atomic E-state index is 14.6. The Kier molecular flexibility index (Phi) is 7.50. The molecular weight excluding hydrogens is 429 g/mol. The summed E-state index contributed by atoms with van der Waals surface area (Å²) in [5.74, 6) is 3.65. The maximum atomic E-state index is 14.6. The fourth-order valence-electron chi connectivity index (χ4n) is 3.88. The van der Waals surface area contributed by atoms with Gasteiger partial charge >= 0.3 is 0 Å². The second-order valence-corrected chi connectivity index (χ2v) is 8.29. The quantitative estimate of drug-likeness (QED) is 0.205. The van der Waals surface area contributed by atoms with E-state index in [-0.39, 0.29) is 11.2 Å².